The zero-order valence-corrected chi connectivity index (χ0v) is 14.6. The molecule has 9 heteroatoms. The first-order valence-electron chi connectivity index (χ1n) is 8.98. The van der Waals surface area contributed by atoms with Crippen LogP contribution in [0, 0.1) is 10.1 Å². The van der Waals surface area contributed by atoms with Crippen LogP contribution in [0.4, 0.5) is 17.3 Å². The van der Waals surface area contributed by atoms with Crippen molar-refractivity contribution >= 4 is 23.3 Å². The maximum Gasteiger partial charge on any atom is 0.353 e. The number of hydrogen-bond donors (Lipinski definition) is 2. The third-order valence-corrected chi connectivity index (χ3v) is 4.92. The van der Waals surface area contributed by atoms with Gasteiger partial charge >= 0.3 is 11.7 Å². The summed E-state index contributed by atoms with van der Waals surface area (Å²) in [5, 5.41) is 24.0. The molecular weight excluding hydrogens is 338 g/mol. The third kappa shape index (κ3) is 3.92. The maximum absolute atomic E-state index is 11.6. The van der Waals surface area contributed by atoms with E-state index in [0.29, 0.717) is 25.9 Å². The molecule has 1 aliphatic carbocycles. The van der Waals surface area contributed by atoms with Crippen LogP contribution in [-0.4, -0.2) is 45.1 Å². The van der Waals surface area contributed by atoms with Crippen molar-refractivity contribution < 1.29 is 14.8 Å². The molecule has 1 aromatic heterocycles. The Morgan fingerprint density at radius 1 is 1.38 bits per heavy atom. The molecule has 1 aliphatic heterocycles. The zero-order valence-electron chi connectivity index (χ0n) is 14.6. The predicted octanol–water partition coefficient (Wildman–Crippen LogP) is 2.74. The summed E-state index contributed by atoms with van der Waals surface area (Å²) in [5.41, 5.74) is 1.12. The van der Waals surface area contributed by atoms with Crippen LogP contribution < -0.4 is 10.2 Å². The molecule has 0 aromatic carbocycles. The lowest BCUT2D eigenvalue weighted by molar-refractivity contribution is -0.383. The van der Waals surface area contributed by atoms with Crippen molar-refractivity contribution in [3.8, 4) is 0 Å². The van der Waals surface area contributed by atoms with Crippen LogP contribution in [0.25, 0.3) is 0 Å². The second kappa shape index (κ2) is 8.11. The van der Waals surface area contributed by atoms with E-state index in [4.69, 9.17) is 0 Å². The number of carboxylic acids is 1. The number of allylic oxidation sites excluding steroid dienone is 1. The van der Waals surface area contributed by atoms with Gasteiger partial charge in [0.15, 0.2) is 0 Å². The molecule has 2 N–H and O–H groups in total. The number of rotatable bonds is 7. The predicted molar refractivity (Wildman–Crippen MR) is 96.3 cm³/mol. The van der Waals surface area contributed by atoms with Crippen molar-refractivity contribution in [1.82, 2.24) is 9.97 Å². The van der Waals surface area contributed by atoms with Gasteiger partial charge in [-0.1, -0.05) is 11.6 Å². The van der Waals surface area contributed by atoms with E-state index in [2.05, 4.69) is 21.4 Å². The van der Waals surface area contributed by atoms with Crippen molar-refractivity contribution in [1.29, 1.82) is 0 Å². The summed E-state index contributed by atoms with van der Waals surface area (Å²) in [6, 6.07) is -0.788. The fourth-order valence-electron chi connectivity index (χ4n) is 3.63. The number of aliphatic carboxylic acids is 1. The Labute approximate surface area is 151 Å². The van der Waals surface area contributed by atoms with Gasteiger partial charge in [-0.2, -0.15) is 0 Å². The summed E-state index contributed by atoms with van der Waals surface area (Å²) in [6.45, 7) is 0.979. The molecule has 0 amide bonds. The Morgan fingerprint density at radius 2 is 2.23 bits per heavy atom. The van der Waals surface area contributed by atoms with Gasteiger partial charge in [-0.3, -0.25) is 10.1 Å². The second-order valence-corrected chi connectivity index (χ2v) is 6.63. The van der Waals surface area contributed by atoms with Gasteiger partial charge in [0.05, 0.1) is 4.92 Å². The van der Waals surface area contributed by atoms with Gasteiger partial charge in [0, 0.05) is 13.1 Å². The molecule has 0 spiro atoms. The third-order valence-electron chi connectivity index (χ3n) is 4.92. The number of carboxylic acid groups (broad SMARTS) is 1. The maximum atomic E-state index is 11.6. The van der Waals surface area contributed by atoms with Crippen LogP contribution in [0.15, 0.2) is 18.0 Å². The average molecular weight is 361 g/mol. The number of hydrogen-bond acceptors (Lipinski definition) is 7. The smallest absolute Gasteiger partial charge is 0.353 e. The van der Waals surface area contributed by atoms with Crippen LogP contribution in [0.3, 0.4) is 0 Å². The van der Waals surface area contributed by atoms with Crippen LogP contribution >= 0.6 is 0 Å². The monoisotopic (exact) mass is 361 g/mol. The molecule has 1 fully saturated rings. The van der Waals surface area contributed by atoms with Crippen molar-refractivity contribution in [2.45, 2.75) is 51.0 Å². The number of aromatic nitrogens is 2. The standard InChI is InChI=1S/C17H23N5O4/c23-17(24)13-7-4-10-21(13)16-14(22(25)26)15(19-11-20-16)18-9-8-12-5-2-1-3-6-12/h5,11,13H,1-4,6-10H2,(H,23,24)(H,18,19,20)/t13-/m1/s1. The van der Waals surface area contributed by atoms with E-state index < -0.39 is 16.9 Å². The van der Waals surface area contributed by atoms with E-state index in [0.717, 1.165) is 19.3 Å². The zero-order chi connectivity index (χ0) is 18.5. The van der Waals surface area contributed by atoms with E-state index in [1.165, 1.54) is 29.6 Å². The Kier molecular flexibility index (Phi) is 5.65. The van der Waals surface area contributed by atoms with Gasteiger partial charge in [0.1, 0.15) is 12.4 Å². The second-order valence-electron chi connectivity index (χ2n) is 6.63. The van der Waals surface area contributed by atoms with Gasteiger partial charge in [-0.15, -0.1) is 0 Å². The van der Waals surface area contributed by atoms with Gasteiger partial charge < -0.3 is 15.3 Å². The SMILES string of the molecule is O=C(O)[C@H]1CCCN1c1ncnc(NCCC2=CCCCC2)c1[N+](=O)[O-]. The van der Waals surface area contributed by atoms with E-state index in [1.807, 2.05) is 0 Å². The highest BCUT2D eigenvalue weighted by Crippen LogP contribution is 2.35. The van der Waals surface area contributed by atoms with Crippen LogP contribution in [0.2, 0.25) is 0 Å². The number of carbonyl (C=O) groups is 1. The van der Waals surface area contributed by atoms with Gasteiger partial charge in [-0.25, -0.2) is 14.8 Å². The molecule has 1 aromatic rings. The lowest BCUT2D eigenvalue weighted by atomic mass is 9.97. The molecular formula is C17H23N5O4. The minimum absolute atomic E-state index is 0.0780. The summed E-state index contributed by atoms with van der Waals surface area (Å²) >= 11 is 0. The summed E-state index contributed by atoms with van der Waals surface area (Å²) < 4.78 is 0. The van der Waals surface area contributed by atoms with Crippen LogP contribution in [-0.2, 0) is 4.79 Å². The van der Waals surface area contributed by atoms with E-state index in [-0.39, 0.29) is 17.3 Å². The minimum Gasteiger partial charge on any atom is -0.480 e. The molecule has 1 atom stereocenters. The number of nitrogens with zero attached hydrogens (tertiary/aromatic N) is 4. The molecule has 2 aliphatic rings. The van der Waals surface area contributed by atoms with Crippen molar-refractivity contribution in [3.63, 3.8) is 0 Å². The topological polar surface area (TPSA) is 121 Å². The minimum atomic E-state index is -0.992. The Bertz CT molecular complexity index is 721. The quantitative estimate of drug-likeness (QED) is 0.432. The fourth-order valence-corrected chi connectivity index (χ4v) is 3.63. The lowest BCUT2D eigenvalue weighted by Crippen LogP contribution is -2.37. The van der Waals surface area contributed by atoms with E-state index >= 15 is 0 Å². The Balaban J connectivity index is 1.78. The molecule has 0 unspecified atom stereocenters. The molecule has 0 radical (unpaired) electrons. The van der Waals surface area contributed by atoms with Gasteiger partial charge in [-0.05, 0) is 44.9 Å². The fraction of sp³-hybridized carbons (Fsp3) is 0.588. The molecule has 26 heavy (non-hydrogen) atoms. The summed E-state index contributed by atoms with van der Waals surface area (Å²) in [4.78, 5) is 32.1. The highest BCUT2D eigenvalue weighted by Gasteiger charge is 2.37. The molecule has 1 saturated heterocycles. The van der Waals surface area contributed by atoms with Crippen molar-refractivity contribution in [2.75, 3.05) is 23.3 Å². The first-order valence-corrected chi connectivity index (χ1v) is 8.98. The lowest BCUT2D eigenvalue weighted by Gasteiger charge is -2.22. The van der Waals surface area contributed by atoms with Crippen LogP contribution in [0.1, 0.15) is 44.9 Å². The van der Waals surface area contributed by atoms with Crippen LogP contribution in [0.5, 0.6) is 0 Å². The summed E-state index contributed by atoms with van der Waals surface area (Å²) in [6.07, 6.45) is 10.0. The highest BCUT2D eigenvalue weighted by molar-refractivity contribution is 5.81. The average Bonchev–Trinajstić information content (AvgIpc) is 3.12. The summed E-state index contributed by atoms with van der Waals surface area (Å²) in [5.74, 6) is -0.768. The van der Waals surface area contributed by atoms with E-state index in [9.17, 15) is 20.0 Å². The number of nitro groups is 1. The Hall–Kier alpha value is -2.71. The summed E-state index contributed by atoms with van der Waals surface area (Å²) in [7, 11) is 0. The van der Waals surface area contributed by atoms with Gasteiger partial charge in [0.25, 0.3) is 0 Å². The molecule has 9 nitrogen and oxygen atoms in total. The number of nitrogens with one attached hydrogen (secondary N) is 1. The first-order chi connectivity index (χ1) is 12.6. The molecule has 140 valence electrons. The molecule has 3 rings (SSSR count). The normalized spacial score (nSPS) is 19.9. The van der Waals surface area contributed by atoms with E-state index in [1.54, 1.807) is 0 Å². The number of anilines is 2. The highest BCUT2D eigenvalue weighted by atomic mass is 16.6. The Morgan fingerprint density at radius 3 is 2.92 bits per heavy atom. The van der Waals surface area contributed by atoms with Crippen molar-refractivity contribution in [2.24, 2.45) is 0 Å². The molecule has 0 saturated carbocycles. The molecule has 2 heterocycles. The van der Waals surface area contributed by atoms with Gasteiger partial charge in [0.2, 0.25) is 11.6 Å². The molecule has 0 bridgehead atoms. The van der Waals surface area contributed by atoms with Crippen molar-refractivity contribution in [3.05, 3.63) is 28.1 Å². The first kappa shape index (κ1) is 18.1. The largest absolute Gasteiger partial charge is 0.480 e.